The number of carbonyl (C=O) groups excluding carboxylic acids is 2. The van der Waals surface area contributed by atoms with Gasteiger partial charge in [0, 0.05) is 25.7 Å². The molecule has 2 fully saturated rings. The molecule has 0 unspecified atom stereocenters. The first-order valence-corrected chi connectivity index (χ1v) is 12.3. The topological polar surface area (TPSA) is 131 Å². The molecule has 12 heteroatoms. The average molecular weight is 498 g/mol. The van der Waals surface area contributed by atoms with Gasteiger partial charge >= 0.3 is 6.03 Å². The Bertz CT molecular complexity index is 1130. The van der Waals surface area contributed by atoms with Gasteiger partial charge in [-0.1, -0.05) is 0 Å². The highest BCUT2D eigenvalue weighted by atomic mass is 16.7. The van der Waals surface area contributed by atoms with Crippen LogP contribution >= 0.6 is 0 Å². The van der Waals surface area contributed by atoms with Crippen LogP contribution in [0, 0.1) is 0 Å². The lowest BCUT2D eigenvalue weighted by Crippen LogP contribution is -2.56. The standard InChI is InChI=1S/C24H31N7O5/c1-4-25-22(32)17-7-8-18-21(26-17)31(15-6-5-11-30(18)12-15)23(33)27-19-9-10-20(29-28-19)34-13-16-14-35-24(2,3)36-16/h7-10,15-16H,4-6,11-14H2,1-3H3,(H,25,32)(H,27,28,33)/t15-,16-/m0/s1. The van der Waals surface area contributed by atoms with Crippen LogP contribution in [0.2, 0.25) is 0 Å². The van der Waals surface area contributed by atoms with Crippen molar-refractivity contribution in [2.75, 3.05) is 48.0 Å². The quantitative estimate of drug-likeness (QED) is 0.616. The van der Waals surface area contributed by atoms with Gasteiger partial charge in [0.15, 0.2) is 17.4 Å². The molecule has 2 N–H and O–H groups in total. The van der Waals surface area contributed by atoms with E-state index >= 15 is 0 Å². The molecule has 0 aliphatic carbocycles. The summed E-state index contributed by atoms with van der Waals surface area (Å²) in [4.78, 5) is 34.2. The van der Waals surface area contributed by atoms with Crippen molar-refractivity contribution in [3.8, 4) is 5.88 Å². The molecule has 192 valence electrons. The summed E-state index contributed by atoms with van der Waals surface area (Å²) in [5.74, 6) is 0.188. The van der Waals surface area contributed by atoms with Crippen LogP contribution in [0.1, 0.15) is 44.1 Å². The molecular formula is C24H31N7O5. The minimum atomic E-state index is -0.619. The van der Waals surface area contributed by atoms with E-state index in [0.717, 1.165) is 25.1 Å². The zero-order valence-corrected chi connectivity index (χ0v) is 20.7. The van der Waals surface area contributed by atoms with Crippen LogP contribution in [0.4, 0.5) is 22.1 Å². The van der Waals surface area contributed by atoms with Gasteiger partial charge in [-0.3, -0.25) is 15.0 Å². The molecule has 0 saturated carbocycles. The number of hydrogen-bond donors (Lipinski definition) is 2. The highest BCUT2D eigenvalue weighted by molar-refractivity contribution is 6.04. The largest absolute Gasteiger partial charge is 0.474 e. The highest BCUT2D eigenvalue weighted by Gasteiger charge is 2.39. The molecule has 36 heavy (non-hydrogen) atoms. The Morgan fingerprint density at radius 3 is 2.81 bits per heavy atom. The SMILES string of the molecule is CCNC(=O)c1ccc2c(n1)N(C(=O)Nc1ccc(OC[C@H]3COC(C)(C)O3)nn1)[C@H]1CCCN2C1. The predicted octanol–water partition coefficient (Wildman–Crippen LogP) is 2.17. The Morgan fingerprint density at radius 2 is 2.08 bits per heavy atom. The molecule has 2 bridgehead atoms. The Kier molecular flexibility index (Phi) is 6.63. The molecule has 12 nitrogen and oxygen atoms in total. The number of amides is 3. The summed E-state index contributed by atoms with van der Waals surface area (Å²) >= 11 is 0. The third-order valence-corrected chi connectivity index (χ3v) is 6.33. The normalized spacial score (nSPS) is 22.1. The predicted molar refractivity (Wildman–Crippen MR) is 131 cm³/mol. The van der Waals surface area contributed by atoms with E-state index in [4.69, 9.17) is 14.2 Å². The maximum atomic E-state index is 13.4. The van der Waals surface area contributed by atoms with E-state index < -0.39 is 5.79 Å². The Balaban J connectivity index is 1.28. The minimum Gasteiger partial charge on any atom is -0.474 e. The minimum absolute atomic E-state index is 0.0586. The van der Waals surface area contributed by atoms with Crippen LogP contribution in [0.3, 0.4) is 0 Å². The highest BCUT2D eigenvalue weighted by Crippen LogP contribution is 2.38. The van der Waals surface area contributed by atoms with Crippen LogP contribution in [0.15, 0.2) is 24.3 Å². The van der Waals surface area contributed by atoms with Crippen molar-refractivity contribution in [1.82, 2.24) is 20.5 Å². The molecule has 2 atom stereocenters. The van der Waals surface area contributed by atoms with Crippen molar-refractivity contribution in [2.45, 2.75) is 51.5 Å². The second kappa shape index (κ2) is 9.86. The Morgan fingerprint density at radius 1 is 1.22 bits per heavy atom. The monoisotopic (exact) mass is 497 g/mol. The van der Waals surface area contributed by atoms with E-state index in [1.165, 1.54) is 0 Å². The number of carbonyl (C=O) groups is 2. The van der Waals surface area contributed by atoms with E-state index in [-0.39, 0.29) is 42.2 Å². The number of anilines is 3. The number of aromatic nitrogens is 3. The van der Waals surface area contributed by atoms with E-state index in [9.17, 15) is 9.59 Å². The first-order valence-electron chi connectivity index (χ1n) is 12.3. The van der Waals surface area contributed by atoms with Gasteiger partial charge in [-0.2, -0.15) is 0 Å². The fraction of sp³-hybridized carbons (Fsp3) is 0.542. The third-order valence-electron chi connectivity index (χ3n) is 6.33. The molecule has 2 aromatic heterocycles. The molecule has 0 radical (unpaired) electrons. The Labute approximate surface area is 209 Å². The number of hydrogen-bond acceptors (Lipinski definition) is 9. The van der Waals surface area contributed by atoms with E-state index in [1.54, 1.807) is 23.1 Å². The van der Waals surface area contributed by atoms with E-state index in [2.05, 4.69) is 30.7 Å². The number of rotatable bonds is 6. The summed E-state index contributed by atoms with van der Waals surface area (Å²) in [6.45, 7) is 8.38. The van der Waals surface area contributed by atoms with Gasteiger partial charge < -0.3 is 24.4 Å². The second-order valence-electron chi connectivity index (χ2n) is 9.46. The fourth-order valence-corrected chi connectivity index (χ4v) is 4.72. The lowest BCUT2D eigenvalue weighted by atomic mass is 10.00. The lowest BCUT2D eigenvalue weighted by molar-refractivity contribution is -0.141. The molecule has 5 heterocycles. The van der Waals surface area contributed by atoms with Crippen LogP contribution in [-0.4, -0.2) is 77.9 Å². The zero-order chi connectivity index (χ0) is 25.3. The summed E-state index contributed by atoms with van der Waals surface area (Å²) in [7, 11) is 0. The summed E-state index contributed by atoms with van der Waals surface area (Å²) in [5.41, 5.74) is 1.11. The average Bonchev–Trinajstić information content (AvgIpc) is 3.22. The maximum Gasteiger partial charge on any atom is 0.329 e. The molecule has 0 aromatic carbocycles. The lowest BCUT2D eigenvalue weighted by Gasteiger charge is -2.45. The summed E-state index contributed by atoms with van der Waals surface area (Å²) < 4.78 is 16.9. The maximum absolute atomic E-state index is 13.4. The summed E-state index contributed by atoms with van der Waals surface area (Å²) in [6, 6.07) is 6.40. The van der Waals surface area contributed by atoms with Gasteiger partial charge in [0.25, 0.3) is 5.91 Å². The van der Waals surface area contributed by atoms with Crippen LogP contribution < -0.4 is 25.2 Å². The van der Waals surface area contributed by atoms with E-state index in [0.29, 0.717) is 31.4 Å². The van der Waals surface area contributed by atoms with Crippen LogP contribution in [0.5, 0.6) is 5.88 Å². The number of piperidine rings is 1. The van der Waals surface area contributed by atoms with Crippen molar-refractivity contribution in [3.63, 3.8) is 0 Å². The van der Waals surface area contributed by atoms with Crippen molar-refractivity contribution in [1.29, 1.82) is 0 Å². The first-order chi connectivity index (χ1) is 17.3. The number of nitrogens with zero attached hydrogens (tertiary/aromatic N) is 5. The molecule has 2 aromatic rings. The van der Waals surface area contributed by atoms with Gasteiger partial charge in [0.05, 0.1) is 18.3 Å². The molecule has 3 amide bonds. The van der Waals surface area contributed by atoms with Crippen molar-refractivity contribution < 1.29 is 23.8 Å². The number of pyridine rings is 1. The van der Waals surface area contributed by atoms with Crippen LogP contribution in [-0.2, 0) is 9.47 Å². The van der Waals surface area contributed by atoms with Gasteiger partial charge in [0.2, 0.25) is 5.88 Å². The van der Waals surface area contributed by atoms with Crippen molar-refractivity contribution in [2.24, 2.45) is 0 Å². The molecule has 3 aliphatic rings. The van der Waals surface area contributed by atoms with Gasteiger partial charge in [0.1, 0.15) is 18.4 Å². The second-order valence-corrected chi connectivity index (χ2v) is 9.46. The van der Waals surface area contributed by atoms with Crippen molar-refractivity contribution >= 4 is 29.3 Å². The Hall–Kier alpha value is -3.51. The molecule has 3 aliphatic heterocycles. The molecular weight excluding hydrogens is 466 g/mol. The molecule has 0 spiro atoms. The third kappa shape index (κ3) is 5.05. The van der Waals surface area contributed by atoms with Gasteiger partial charge in [-0.25, -0.2) is 9.78 Å². The number of fused-ring (bicyclic) bond motifs is 4. The summed E-state index contributed by atoms with van der Waals surface area (Å²) in [5, 5.41) is 13.7. The molecule has 2 saturated heterocycles. The smallest absolute Gasteiger partial charge is 0.329 e. The fourth-order valence-electron chi connectivity index (χ4n) is 4.72. The van der Waals surface area contributed by atoms with Crippen molar-refractivity contribution in [3.05, 3.63) is 30.0 Å². The van der Waals surface area contributed by atoms with E-state index in [1.807, 2.05) is 26.8 Å². The summed E-state index contributed by atoms with van der Waals surface area (Å²) in [6.07, 6.45) is 1.62. The zero-order valence-electron chi connectivity index (χ0n) is 20.7. The van der Waals surface area contributed by atoms with Gasteiger partial charge in [-0.05, 0) is 51.8 Å². The van der Waals surface area contributed by atoms with Crippen LogP contribution in [0.25, 0.3) is 0 Å². The first kappa shape index (κ1) is 24.2. The number of urea groups is 1. The number of nitrogens with one attached hydrogen (secondary N) is 2. The molecule has 5 rings (SSSR count). The van der Waals surface area contributed by atoms with Gasteiger partial charge in [-0.15, -0.1) is 10.2 Å². The number of ether oxygens (including phenoxy) is 3.